The van der Waals surface area contributed by atoms with E-state index >= 15 is 0 Å². The Balaban J connectivity index is 2.30. The lowest BCUT2D eigenvalue weighted by Crippen LogP contribution is -2.35. The summed E-state index contributed by atoms with van der Waals surface area (Å²) in [6.07, 6.45) is 3.22. The van der Waals surface area contributed by atoms with E-state index in [1.165, 1.54) is 6.20 Å². The second-order valence-corrected chi connectivity index (χ2v) is 5.58. The lowest BCUT2D eigenvalue weighted by Gasteiger charge is -2.24. The summed E-state index contributed by atoms with van der Waals surface area (Å²) in [7, 11) is -1.82. The number of imidazole rings is 1. The molecule has 1 aromatic rings. The highest BCUT2D eigenvalue weighted by molar-refractivity contribution is 7.88. The molecule has 1 aliphatic rings. The molecule has 0 aliphatic carbocycles. The molecule has 16 heavy (non-hydrogen) atoms. The van der Waals surface area contributed by atoms with E-state index in [4.69, 9.17) is 4.84 Å². The number of aryl methyl sites for hydroxylation is 2. The summed E-state index contributed by atoms with van der Waals surface area (Å²) < 4.78 is 26.9. The highest BCUT2D eigenvalue weighted by atomic mass is 32.2. The van der Waals surface area contributed by atoms with E-state index in [0.717, 1.165) is 17.3 Å². The maximum Gasteiger partial charge on any atom is 0.283 e. The maximum absolute atomic E-state index is 12.1. The Labute approximate surface area is 94.8 Å². The molecule has 2 rings (SSSR count). The first kappa shape index (κ1) is 11.6. The number of nitrogens with zero attached hydrogens (tertiary/aromatic N) is 3. The summed E-state index contributed by atoms with van der Waals surface area (Å²) >= 11 is 0. The Bertz CT molecular complexity index is 455. The van der Waals surface area contributed by atoms with Crippen LogP contribution in [0.15, 0.2) is 11.2 Å². The first-order chi connectivity index (χ1) is 7.51. The Morgan fingerprint density at radius 1 is 1.44 bits per heavy atom. The standard InChI is InChI=1S/C9H15N3O3S/c1-8-10-9(7-11(8)2)16(13,14)12-5-3-4-6-15-12/h7H,3-6H2,1-2H3. The van der Waals surface area contributed by atoms with Crippen molar-refractivity contribution in [2.24, 2.45) is 7.05 Å². The average molecular weight is 245 g/mol. The molecule has 0 amide bonds. The second-order valence-electron chi connectivity index (χ2n) is 3.81. The summed E-state index contributed by atoms with van der Waals surface area (Å²) in [6, 6.07) is 0. The van der Waals surface area contributed by atoms with Crippen LogP contribution in [0.3, 0.4) is 0 Å². The van der Waals surface area contributed by atoms with Gasteiger partial charge in [0.25, 0.3) is 10.0 Å². The molecule has 1 fully saturated rings. The molecule has 0 N–H and O–H groups in total. The molecule has 2 heterocycles. The fraction of sp³-hybridized carbons (Fsp3) is 0.667. The number of hydrogen-bond donors (Lipinski definition) is 0. The van der Waals surface area contributed by atoms with Gasteiger partial charge in [-0.2, -0.15) is 0 Å². The topological polar surface area (TPSA) is 64.4 Å². The molecule has 7 heteroatoms. The van der Waals surface area contributed by atoms with Crippen LogP contribution in [0.2, 0.25) is 0 Å². The van der Waals surface area contributed by atoms with Crippen LogP contribution < -0.4 is 0 Å². The van der Waals surface area contributed by atoms with Gasteiger partial charge in [-0.3, -0.25) is 4.84 Å². The predicted octanol–water partition coefficient (Wildman–Crippen LogP) is 0.445. The van der Waals surface area contributed by atoms with Gasteiger partial charge in [0.1, 0.15) is 5.82 Å². The van der Waals surface area contributed by atoms with Crippen LogP contribution in [0.25, 0.3) is 0 Å². The van der Waals surface area contributed by atoms with Crippen molar-refractivity contribution in [3.63, 3.8) is 0 Å². The molecule has 0 spiro atoms. The van der Waals surface area contributed by atoms with Crippen molar-refractivity contribution in [2.75, 3.05) is 13.2 Å². The Kier molecular flexibility index (Phi) is 3.00. The van der Waals surface area contributed by atoms with Gasteiger partial charge in [0.15, 0.2) is 5.03 Å². The quantitative estimate of drug-likeness (QED) is 0.758. The second kappa shape index (κ2) is 4.15. The number of aromatic nitrogens is 2. The third-order valence-corrected chi connectivity index (χ3v) is 4.14. The van der Waals surface area contributed by atoms with Gasteiger partial charge < -0.3 is 4.57 Å². The van der Waals surface area contributed by atoms with Crippen molar-refractivity contribution in [3.05, 3.63) is 12.0 Å². The smallest absolute Gasteiger partial charge is 0.283 e. The SMILES string of the molecule is Cc1nc(S(=O)(=O)N2CCCCO2)cn1C. The van der Waals surface area contributed by atoms with Crippen LogP contribution in [-0.4, -0.2) is 35.6 Å². The Morgan fingerprint density at radius 3 is 2.69 bits per heavy atom. The first-order valence-electron chi connectivity index (χ1n) is 5.17. The minimum atomic E-state index is -3.58. The van der Waals surface area contributed by atoms with Crippen LogP contribution in [0.1, 0.15) is 18.7 Å². The summed E-state index contributed by atoms with van der Waals surface area (Å²) in [5.74, 6) is 0.663. The van der Waals surface area contributed by atoms with Gasteiger partial charge in [-0.1, -0.05) is 4.47 Å². The zero-order chi connectivity index (χ0) is 11.8. The maximum atomic E-state index is 12.1. The van der Waals surface area contributed by atoms with E-state index in [2.05, 4.69) is 4.98 Å². The molecule has 1 aromatic heterocycles. The highest BCUT2D eigenvalue weighted by Crippen LogP contribution is 2.18. The molecule has 1 saturated heterocycles. The monoisotopic (exact) mass is 245 g/mol. The van der Waals surface area contributed by atoms with Crippen LogP contribution in [0.5, 0.6) is 0 Å². The third kappa shape index (κ3) is 1.98. The fourth-order valence-electron chi connectivity index (χ4n) is 1.52. The molecule has 0 aromatic carbocycles. The minimum Gasteiger partial charge on any atom is -0.337 e. The average Bonchev–Trinajstić information content (AvgIpc) is 2.61. The molecular formula is C9H15N3O3S. The van der Waals surface area contributed by atoms with Crippen LogP contribution in [0, 0.1) is 6.92 Å². The molecule has 0 radical (unpaired) electrons. The molecular weight excluding hydrogens is 230 g/mol. The number of hydrogen-bond acceptors (Lipinski definition) is 4. The largest absolute Gasteiger partial charge is 0.337 e. The fourth-order valence-corrected chi connectivity index (χ4v) is 2.85. The van der Waals surface area contributed by atoms with Gasteiger partial charge in [0.05, 0.1) is 6.61 Å². The van der Waals surface area contributed by atoms with Gasteiger partial charge in [-0.15, -0.1) is 0 Å². The predicted molar refractivity (Wildman–Crippen MR) is 57.0 cm³/mol. The molecule has 90 valence electrons. The van der Waals surface area contributed by atoms with E-state index in [1.54, 1.807) is 18.5 Å². The normalized spacial score (nSPS) is 18.9. The number of sulfonamides is 1. The van der Waals surface area contributed by atoms with Crippen LogP contribution in [0.4, 0.5) is 0 Å². The molecule has 1 aliphatic heterocycles. The Morgan fingerprint density at radius 2 is 2.19 bits per heavy atom. The molecule has 0 bridgehead atoms. The van der Waals surface area contributed by atoms with Crippen molar-refractivity contribution in [3.8, 4) is 0 Å². The summed E-state index contributed by atoms with van der Waals surface area (Å²) in [4.78, 5) is 9.15. The zero-order valence-corrected chi connectivity index (χ0v) is 10.2. The third-order valence-electron chi connectivity index (χ3n) is 2.59. The van der Waals surface area contributed by atoms with Gasteiger partial charge in [-0.05, 0) is 19.8 Å². The van der Waals surface area contributed by atoms with Gasteiger partial charge >= 0.3 is 0 Å². The van der Waals surface area contributed by atoms with E-state index in [0.29, 0.717) is 19.0 Å². The zero-order valence-electron chi connectivity index (χ0n) is 9.38. The van der Waals surface area contributed by atoms with E-state index in [1.807, 2.05) is 0 Å². The summed E-state index contributed by atoms with van der Waals surface area (Å²) in [6.45, 7) is 2.61. The summed E-state index contributed by atoms with van der Waals surface area (Å²) in [5, 5.41) is 0.0504. The van der Waals surface area contributed by atoms with Gasteiger partial charge in [0.2, 0.25) is 0 Å². The van der Waals surface area contributed by atoms with Crippen molar-refractivity contribution < 1.29 is 13.3 Å². The van der Waals surface area contributed by atoms with Crippen LogP contribution in [-0.2, 0) is 21.9 Å². The lowest BCUT2D eigenvalue weighted by molar-refractivity contribution is -0.109. The van der Waals surface area contributed by atoms with Crippen molar-refractivity contribution in [1.82, 2.24) is 14.0 Å². The molecule has 0 saturated carbocycles. The first-order valence-corrected chi connectivity index (χ1v) is 6.61. The summed E-state index contributed by atoms with van der Waals surface area (Å²) in [5.41, 5.74) is 0. The number of hydroxylamine groups is 1. The number of rotatable bonds is 2. The molecule has 0 unspecified atom stereocenters. The van der Waals surface area contributed by atoms with E-state index < -0.39 is 10.0 Å². The Hall–Kier alpha value is -0.920. The van der Waals surface area contributed by atoms with Gasteiger partial charge in [0, 0.05) is 19.8 Å². The molecule has 6 nitrogen and oxygen atoms in total. The van der Waals surface area contributed by atoms with Crippen molar-refractivity contribution in [1.29, 1.82) is 0 Å². The minimum absolute atomic E-state index is 0.0504. The lowest BCUT2D eigenvalue weighted by atomic mass is 10.3. The van der Waals surface area contributed by atoms with E-state index in [9.17, 15) is 8.42 Å². The van der Waals surface area contributed by atoms with Crippen molar-refractivity contribution >= 4 is 10.0 Å². The van der Waals surface area contributed by atoms with Crippen LogP contribution >= 0.6 is 0 Å². The molecule has 0 atom stereocenters. The van der Waals surface area contributed by atoms with Gasteiger partial charge in [-0.25, -0.2) is 13.4 Å². The highest BCUT2D eigenvalue weighted by Gasteiger charge is 2.29. The van der Waals surface area contributed by atoms with E-state index in [-0.39, 0.29) is 5.03 Å². The van der Waals surface area contributed by atoms with Crippen molar-refractivity contribution in [2.45, 2.75) is 24.8 Å².